The second kappa shape index (κ2) is 9.13. The highest BCUT2D eigenvalue weighted by Crippen LogP contribution is 2.32. The molecule has 0 radical (unpaired) electrons. The number of likely N-dealkylation sites (tertiary alicyclic amines) is 1. The molecule has 0 aliphatic carbocycles. The summed E-state index contributed by atoms with van der Waals surface area (Å²) in [5.74, 6) is 1.40. The van der Waals surface area contributed by atoms with Crippen LogP contribution < -0.4 is 11.1 Å². The number of piperidine rings is 1. The molecule has 3 unspecified atom stereocenters. The number of aromatic nitrogens is 2. The minimum Gasteiger partial charge on any atom is -0.383 e. The Hall–Kier alpha value is -1.21. The number of anilines is 1. The summed E-state index contributed by atoms with van der Waals surface area (Å²) in [6.07, 6.45) is 7.60. The number of nitrogens with one attached hydrogen (secondary N) is 1. The quantitative estimate of drug-likeness (QED) is 0.388. The van der Waals surface area contributed by atoms with E-state index in [1.807, 2.05) is 0 Å². The van der Waals surface area contributed by atoms with Crippen LogP contribution in [0.15, 0.2) is 11.2 Å². The molecule has 4 N–H and O–H groups in total. The Morgan fingerprint density at radius 2 is 2.19 bits per heavy atom. The van der Waals surface area contributed by atoms with Crippen molar-refractivity contribution in [2.45, 2.75) is 50.5 Å². The van der Waals surface area contributed by atoms with Crippen molar-refractivity contribution in [2.75, 3.05) is 39.1 Å². The highest BCUT2D eigenvalue weighted by molar-refractivity contribution is 7.31. The molecule has 3 heterocycles. The molecule has 3 rings (SSSR count). The molecule has 2 saturated heterocycles. The van der Waals surface area contributed by atoms with E-state index in [-0.39, 0.29) is 21.1 Å². The zero-order chi connectivity index (χ0) is 18.5. The lowest BCUT2D eigenvalue weighted by molar-refractivity contribution is -0.00464. The van der Waals surface area contributed by atoms with Crippen LogP contribution >= 0.6 is 8.81 Å². The second-order valence-corrected chi connectivity index (χ2v) is 7.99. The molecule has 2 fully saturated rings. The fourth-order valence-electron chi connectivity index (χ4n) is 3.70. The molecule has 146 valence electrons. The van der Waals surface area contributed by atoms with Crippen molar-refractivity contribution in [1.82, 2.24) is 20.0 Å². The van der Waals surface area contributed by atoms with Crippen LogP contribution in [0.3, 0.4) is 0 Å². The van der Waals surface area contributed by atoms with Gasteiger partial charge in [0.05, 0.1) is 17.9 Å². The molecular weight excluding hydrogens is 351 g/mol. The standard InChI is InChI=1S/C17H31N6O2P/c1-19-17(21-12-5-8-22(2)9-6-12)14-11-20-23(16(14)18)15-4-3-13(25-15)7-10-26-24/h11-13,15,24,26H,3-10,18H2,1-2H3,(H,19,21). The number of amidine groups is 1. The highest BCUT2D eigenvalue weighted by atomic mass is 31.1. The fourth-order valence-corrected chi connectivity index (χ4v) is 4.15. The molecule has 9 heteroatoms. The van der Waals surface area contributed by atoms with E-state index in [0.29, 0.717) is 11.9 Å². The van der Waals surface area contributed by atoms with Crippen LogP contribution in [0.2, 0.25) is 0 Å². The van der Waals surface area contributed by atoms with Crippen LogP contribution in [0.25, 0.3) is 0 Å². The summed E-state index contributed by atoms with van der Waals surface area (Å²) in [7, 11) is 3.93. The number of rotatable bonds is 6. The van der Waals surface area contributed by atoms with E-state index in [0.717, 1.165) is 62.8 Å². The van der Waals surface area contributed by atoms with E-state index >= 15 is 0 Å². The normalized spacial score (nSPS) is 26.2. The average Bonchev–Trinajstić information content (AvgIpc) is 3.26. The van der Waals surface area contributed by atoms with Gasteiger partial charge in [-0.2, -0.15) is 5.10 Å². The van der Waals surface area contributed by atoms with Crippen LogP contribution in [0.4, 0.5) is 5.82 Å². The van der Waals surface area contributed by atoms with Crippen LogP contribution in [0, 0.1) is 0 Å². The van der Waals surface area contributed by atoms with E-state index in [9.17, 15) is 0 Å². The zero-order valence-electron chi connectivity index (χ0n) is 15.7. The first-order valence-corrected chi connectivity index (χ1v) is 10.6. The third-order valence-corrected chi connectivity index (χ3v) is 5.82. The zero-order valence-corrected chi connectivity index (χ0v) is 16.7. The molecule has 0 saturated carbocycles. The van der Waals surface area contributed by atoms with Crippen LogP contribution in [0.1, 0.15) is 43.9 Å². The molecule has 1 aromatic heterocycles. The summed E-state index contributed by atoms with van der Waals surface area (Å²) in [4.78, 5) is 15.8. The van der Waals surface area contributed by atoms with Gasteiger partial charge in [-0.1, -0.05) is 0 Å². The van der Waals surface area contributed by atoms with Crippen molar-refractivity contribution >= 4 is 20.5 Å². The van der Waals surface area contributed by atoms with Gasteiger partial charge in [0.1, 0.15) is 11.7 Å². The van der Waals surface area contributed by atoms with Crippen molar-refractivity contribution in [3.05, 3.63) is 11.8 Å². The maximum atomic E-state index is 9.01. The van der Waals surface area contributed by atoms with Gasteiger partial charge in [0.2, 0.25) is 0 Å². The summed E-state index contributed by atoms with van der Waals surface area (Å²) in [5, 5.41) is 8.02. The van der Waals surface area contributed by atoms with Crippen LogP contribution in [-0.2, 0) is 4.74 Å². The monoisotopic (exact) mass is 382 g/mol. The summed E-state index contributed by atoms with van der Waals surface area (Å²) < 4.78 is 7.84. The predicted octanol–water partition coefficient (Wildman–Crippen LogP) is 1.18. The van der Waals surface area contributed by atoms with Crippen molar-refractivity contribution in [2.24, 2.45) is 4.99 Å². The number of hydrogen-bond acceptors (Lipinski definition) is 6. The molecular formula is C17H31N6O2P. The van der Waals surface area contributed by atoms with Crippen molar-refractivity contribution < 1.29 is 9.63 Å². The van der Waals surface area contributed by atoms with Crippen molar-refractivity contribution in [3.63, 3.8) is 0 Å². The highest BCUT2D eigenvalue weighted by Gasteiger charge is 2.29. The summed E-state index contributed by atoms with van der Waals surface area (Å²) in [6, 6.07) is 0.416. The Bertz CT molecular complexity index is 614. The summed E-state index contributed by atoms with van der Waals surface area (Å²) in [6.45, 7) is 2.18. The topological polar surface area (TPSA) is 101 Å². The summed E-state index contributed by atoms with van der Waals surface area (Å²) >= 11 is 0. The van der Waals surface area contributed by atoms with Crippen molar-refractivity contribution in [1.29, 1.82) is 0 Å². The van der Waals surface area contributed by atoms with Gasteiger partial charge in [0.15, 0.2) is 6.23 Å². The number of hydrogen-bond donors (Lipinski definition) is 3. The molecule has 0 amide bonds. The van der Waals surface area contributed by atoms with Crippen LogP contribution in [0.5, 0.6) is 0 Å². The van der Waals surface area contributed by atoms with E-state index in [1.165, 1.54) is 0 Å². The van der Waals surface area contributed by atoms with Gasteiger partial charge >= 0.3 is 0 Å². The SMILES string of the molecule is CN=C(NC1CCN(C)CC1)c1cnn(C2CCC(CCPO)O2)c1N. The predicted molar refractivity (Wildman–Crippen MR) is 106 cm³/mol. The first kappa shape index (κ1) is 19.5. The second-order valence-electron chi connectivity index (χ2n) is 7.17. The maximum Gasteiger partial charge on any atom is 0.152 e. The molecule has 8 nitrogen and oxygen atoms in total. The average molecular weight is 382 g/mol. The maximum absolute atomic E-state index is 9.01. The first-order valence-electron chi connectivity index (χ1n) is 9.40. The lowest BCUT2D eigenvalue weighted by Crippen LogP contribution is -2.43. The minimum absolute atomic E-state index is 0.0129. The number of ether oxygens (including phenoxy) is 1. The van der Waals surface area contributed by atoms with Gasteiger partial charge in [-0.25, -0.2) is 4.68 Å². The molecule has 3 atom stereocenters. The first-order chi connectivity index (χ1) is 12.6. The van der Waals surface area contributed by atoms with E-state index in [1.54, 1.807) is 17.9 Å². The molecule has 0 aromatic carbocycles. The molecule has 1 aromatic rings. The Labute approximate surface area is 157 Å². The van der Waals surface area contributed by atoms with Gasteiger partial charge in [-0.3, -0.25) is 4.99 Å². The van der Waals surface area contributed by atoms with Gasteiger partial charge in [-0.05, 0) is 58.4 Å². The summed E-state index contributed by atoms with van der Waals surface area (Å²) in [5.41, 5.74) is 7.23. The lowest BCUT2D eigenvalue weighted by Gasteiger charge is -2.30. The molecule has 2 aliphatic heterocycles. The lowest BCUT2D eigenvalue weighted by atomic mass is 10.1. The van der Waals surface area contributed by atoms with E-state index < -0.39 is 0 Å². The third kappa shape index (κ3) is 4.55. The van der Waals surface area contributed by atoms with Gasteiger partial charge < -0.3 is 25.6 Å². The fraction of sp³-hybridized carbons (Fsp3) is 0.765. The molecule has 0 spiro atoms. The molecule has 0 bridgehead atoms. The Balaban J connectivity index is 1.64. The van der Waals surface area contributed by atoms with Gasteiger partial charge in [-0.15, -0.1) is 0 Å². The van der Waals surface area contributed by atoms with E-state index in [2.05, 4.69) is 27.4 Å². The molecule has 2 aliphatic rings. The Morgan fingerprint density at radius 3 is 2.88 bits per heavy atom. The van der Waals surface area contributed by atoms with Gasteiger partial charge in [0.25, 0.3) is 0 Å². The Morgan fingerprint density at radius 1 is 1.42 bits per heavy atom. The molecule has 26 heavy (non-hydrogen) atoms. The number of nitrogens with two attached hydrogens (primary N) is 1. The number of nitrogen functional groups attached to an aromatic ring is 1. The minimum atomic E-state index is -0.128. The van der Waals surface area contributed by atoms with Gasteiger partial charge in [0, 0.05) is 21.9 Å². The van der Waals surface area contributed by atoms with Crippen molar-refractivity contribution in [3.8, 4) is 0 Å². The van der Waals surface area contributed by atoms with Crippen LogP contribution in [-0.4, -0.2) is 70.9 Å². The van der Waals surface area contributed by atoms with E-state index in [4.69, 9.17) is 15.4 Å². The Kier molecular flexibility index (Phi) is 6.86. The number of aliphatic imine (C=N–C) groups is 1. The third-order valence-electron chi connectivity index (χ3n) is 5.31. The largest absolute Gasteiger partial charge is 0.383 e. The smallest absolute Gasteiger partial charge is 0.152 e. The number of nitrogens with zero attached hydrogens (tertiary/aromatic N) is 4.